The zero-order valence-electron chi connectivity index (χ0n) is 8.73. The van der Waals surface area contributed by atoms with Crippen molar-refractivity contribution in [3.63, 3.8) is 0 Å². The average Bonchev–Trinajstić information content (AvgIpc) is 2.18. The summed E-state index contributed by atoms with van der Waals surface area (Å²) in [6.07, 6.45) is 0. The second-order valence-electron chi connectivity index (χ2n) is 3.39. The highest BCUT2D eigenvalue weighted by molar-refractivity contribution is 7.99. The lowest BCUT2D eigenvalue weighted by atomic mass is 10.0. The SMILES string of the molecule is CCSc1ccc(C(N)C(C)N)cc1. The fourth-order valence-corrected chi connectivity index (χ4v) is 1.92. The summed E-state index contributed by atoms with van der Waals surface area (Å²) in [5, 5.41) is 0. The molecule has 0 aliphatic rings. The summed E-state index contributed by atoms with van der Waals surface area (Å²) in [5.74, 6) is 1.10. The fraction of sp³-hybridized carbons (Fsp3) is 0.455. The van der Waals surface area contributed by atoms with Crippen molar-refractivity contribution >= 4 is 11.8 Å². The molecule has 3 heteroatoms. The van der Waals surface area contributed by atoms with Gasteiger partial charge < -0.3 is 11.5 Å². The van der Waals surface area contributed by atoms with Gasteiger partial charge in [-0.3, -0.25) is 0 Å². The molecule has 0 amide bonds. The van der Waals surface area contributed by atoms with Crippen LogP contribution in [0.4, 0.5) is 0 Å². The van der Waals surface area contributed by atoms with Gasteiger partial charge >= 0.3 is 0 Å². The molecular formula is C11H18N2S. The molecular weight excluding hydrogens is 192 g/mol. The molecule has 0 saturated carbocycles. The topological polar surface area (TPSA) is 52.0 Å². The van der Waals surface area contributed by atoms with E-state index in [0.29, 0.717) is 0 Å². The Hall–Kier alpha value is -0.510. The third-order valence-electron chi connectivity index (χ3n) is 2.14. The molecule has 0 aromatic heterocycles. The van der Waals surface area contributed by atoms with Crippen LogP contribution in [-0.2, 0) is 0 Å². The van der Waals surface area contributed by atoms with Crippen LogP contribution in [0.1, 0.15) is 25.5 Å². The van der Waals surface area contributed by atoms with Gasteiger partial charge in [0.2, 0.25) is 0 Å². The van der Waals surface area contributed by atoms with E-state index >= 15 is 0 Å². The molecule has 0 aliphatic heterocycles. The van der Waals surface area contributed by atoms with Gasteiger partial charge in [-0.2, -0.15) is 0 Å². The molecule has 0 spiro atoms. The quantitative estimate of drug-likeness (QED) is 0.749. The van der Waals surface area contributed by atoms with Crippen molar-refractivity contribution in [1.29, 1.82) is 0 Å². The molecule has 0 aliphatic carbocycles. The number of nitrogens with two attached hydrogens (primary N) is 2. The minimum atomic E-state index is -0.0596. The fourth-order valence-electron chi connectivity index (χ4n) is 1.26. The summed E-state index contributed by atoms with van der Waals surface area (Å²) in [4.78, 5) is 1.29. The first-order valence-electron chi connectivity index (χ1n) is 4.89. The van der Waals surface area contributed by atoms with Crippen LogP contribution in [0.5, 0.6) is 0 Å². The van der Waals surface area contributed by atoms with E-state index < -0.39 is 0 Å². The Morgan fingerprint density at radius 1 is 1.21 bits per heavy atom. The van der Waals surface area contributed by atoms with Crippen LogP contribution in [0.2, 0.25) is 0 Å². The zero-order valence-corrected chi connectivity index (χ0v) is 9.55. The molecule has 2 atom stereocenters. The van der Waals surface area contributed by atoms with Crippen LogP contribution in [0.3, 0.4) is 0 Å². The maximum atomic E-state index is 5.93. The number of benzene rings is 1. The van der Waals surface area contributed by atoms with Crippen LogP contribution in [0.25, 0.3) is 0 Å². The molecule has 14 heavy (non-hydrogen) atoms. The van der Waals surface area contributed by atoms with Gasteiger partial charge in [0.1, 0.15) is 0 Å². The van der Waals surface area contributed by atoms with E-state index in [2.05, 4.69) is 31.2 Å². The lowest BCUT2D eigenvalue weighted by molar-refractivity contribution is 0.589. The zero-order chi connectivity index (χ0) is 10.6. The van der Waals surface area contributed by atoms with Crippen LogP contribution in [0, 0.1) is 0 Å². The highest BCUT2D eigenvalue weighted by Gasteiger charge is 2.09. The normalized spacial score (nSPS) is 15.1. The molecule has 1 aromatic rings. The summed E-state index contributed by atoms with van der Waals surface area (Å²) in [6.45, 7) is 4.08. The summed E-state index contributed by atoms with van der Waals surface area (Å²) in [7, 11) is 0. The molecule has 1 rings (SSSR count). The van der Waals surface area contributed by atoms with Gasteiger partial charge in [0.05, 0.1) is 0 Å². The van der Waals surface area contributed by atoms with Crippen molar-refractivity contribution in [2.75, 3.05) is 5.75 Å². The molecule has 0 radical (unpaired) electrons. The van der Waals surface area contributed by atoms with Crippen molar-refractivity contribution in [2.45, 2.75) is 30.8 Å². The molecule has 0 saturated heterocycles. The Balaban J connectivity index is 2.72. The molecule has 0 heterocycles. The highest BCUT2D eigenvalue weighted by Crippen LogP contribution is 2.20. The smallest absolute Gasteiger partial charge is 0.0445 e. The van der Waals surface area contributed by atoms with Gasteiger partial charge in [0.25, 0.3) is 0 Å². The van der Waals surface area contributed by atoms with Gasteiger partial charge in [-0.1, -0.05) is 19.1 Å². The summed E-state index contributed by atoms with van der Waals surface area (Å²) in [5.41, 5.74) is 12.8. The number of thioether (sulfide) groups is 1. The van der Waals surface area contributed by atoms with Gasteiger partial charge in [-0.25, -0.2) is 0 Å². The van der Waals surface area contributed by atoms with Gasteiger partial charge in [-0.05, 0) is 30.4 Å². The second kappa shape index (κ2) is 5.39. The van der Waals surface area contributed by atoms with Crippen molar-refractivity contribution in [3.8, 4) is 0 Å². The summed E-state index contributed by atoms with van der Waals surface area (Å²) >= 11 is 1.83. The maximum absolute atomic E-state index is 5.93. The third-order valence-corrected chi connectivity index (χ3v) is 3.04. The van der Waals surface area contributed by atoms with Crippen LogP contribution in [0.15, 0.2) is 29.2 Å². The van der Waals surface area contributed by atoms with Crippen molar-refractivity contribution < 1.29 is 0 Å². The van der Waals surface area contributed by atoms with Gasteiger partial charge in [0.15, 0.2) is 0 Å². The Labute approximate surface area is 90.1 Å². The number of hydrogen-bond donors (Lipinski definition) is 2. The highest BCUT2D eigenvalue weighted by atomic mass is 32.2. The lowest BCUT2D eigenvalue weighted by Gasteiger charge is -2.16. The van der Waals surface area contributed by atoms with E-state index in [1.165, 1.54) is 4.90 Å². The van der Waals surface area contributed by atoms with E-state index in [-0.39, 0.29) is 12.1 Å². The molecule has 1 aromatic carbocycles. The maximum Gasteiger partial charge on any atom is 0.0445 e. The van der Waals surface area contributed by atoms with Crippen LogP contribution in [-0.4, -0.2) is 11.8 Å². The van der Waals surface area contributed by atoms with E-state index in [1.54, 1.807) is 0 Å². The van der Waals surface area contributed by atoms with Crippen molar-refractivity contribution in [1.82, 2.24) is 0 Å². The molecule has 78 valence electrons. The van der Waals surface area contributed by atoms with Crippen molar-refractivity contribution in [3.05, 3.63) is 29.8 Å². The van der Waals surface area contributed by atoms with Gasteiger partial charge in [0, 0.05) is 17.0 Å². The molecule has 4 N–H and O–H groups in total. The van der Waals surface area contributed by atoms with E-state index in [0.717, 1.165) is 11.3 Å². The standard InChI is InChI=1S/C11H18N2S/c1-3-14-10-6-4-9(5-7-10)11(13)8(2)12/h4-8,11H,3,12-13H2,1-2H3. The Bertz CT molecular complexity index is 269. The number of rotatable bonds is 4. The Morgan fingerprint density at radius 3 is 2.21 bits per heavy atom. The summed E-state index contributed by atoms with van der Waals surface area (Å²) < 4.78 is 0. The first-order valence-corrected chi connectivity index (χ1v) is 5.87. The molecule has 0 fully saturated rings. The first kappa shape index (κ1) is 11.6. The van der Waals surface area contributed by atoms with Gasteiger partial charge in [-0.15, -0.1) is 11.8 Å². The van der Waals surface area contributed by atoms with Crippen LogP contribution >= 0.6 is 11.8 Å². The number of hydrogen-bond acceptors (Lipinski definition) is 3. The second-order valence-corrected chi connectivity index (χ2v) is 4.72. The lowest BCUT2D eigenvalue weighted by Crippen LogP contribution is -2.30. The predicted molar refractivity (Wildman–Crippen MR) is 63.4 cm³/mol. The Morgan fingerprint density at radius 2 is 1.79 bits per heavy atom. The average molecular weight is 210 g/mol. The first-order chi connectivity index (χ1) is 6.65. The van der Waals surface area contributed by atoms with Crippen molar-refractivity contribution in [2.24, 2.45) is 11.5 Å². The van der Waals surface area contributed by atoms with E-state index in [4.69, 9.17) is 11.5 Å². The summed E-state index contributed by atoms with van der Waals surface area (Å²) in [6, 6.07) is 8.27. The predicted octanol–water partition coefficient (Wildman–Crippen LogP) is 2.15. The largest absolute Gasteiger partial charge is 0.326 e. The molecule has 2 nitrogen and oxygen atoms in total. The Kier molecular flexibility index (Phi) is 4.45. The third kappa shape index (κ3) is 3.01. The van der Waals surface area contributed by atoms with E-state index in [1.807, 2.05) is 18.7 Å². The molecule has 2 unspecified atom stereocenters. The minimum Gasteiger partial charge on any atom is -0.326 e. The van der Waals surface area contributed by atoms with E-state index in [9.17, 15) is 0 Å². The minimum absolute atomic E-state index is 0.000298. The monoisotopic (exact) mass is 210 g/mol. The molecule has 0 bridgehead atoms. The van der Waals surface area contributed by atoms with Crippen LogP contribution < -0.4 is 11.5 Å².